The molecular formula is C7H5BF4O. The number of methoxy groups -OCH3 is 1. The number of hydrogen-bond donors (Lipinski definition) is 0. The Bertz CT molecular complexity index is 324. The van der Waals surface area contributed by atoms with Crippen molar-refractivity contribution in [3.8, 4) is 5.75 Å². The van der Waals surface area contributed by atoms with Gasteiger partial charge in [-0.05, 0) is 5.46 Å². The largest absolute Gasteiger partial charge is 0.491 e. The van der Waals surface area contributed by atoms with Gasteiger partial charge in [-0.15, -0.1) is 0 Å². The first-order valence-electron chi connectivity index (χ1n) is 3.37. The molecule has 1 aromatic carbocycles. The summed E-state index contributed by atoms with van der Waals surface area (Å²) in [6.45, 7) is 0. The number of hydrogen-bond acceptors (Lipinski definition) is 1. The average Bonchev–Trinajstić information content (AvgIpc) is 2.13. The van der Waals surface area contributed by atoms with Crippen LogP contribution in [-0.2, 0) is 0 Å². The van der Waals surface area contributed by atoms with Crippen molar-refractivity contribution in [2.24, 2.45) is 0 Å². The first kappa shape index (κ1) is 9.89. The number of ether oxygens (including phenoxy) is 1. The normalized spacial score (nSPS) is 10.2. The lowest BCUT2D eigenvalue weighted by molar-refractivity contribution is 0.335. The summed E-state index contributed by atoms with van der Waals surface area (Å²) in [7, 11) is 1.87. The Labute approximate surface area is 72.7 Å². The van der Waals surface area contributed by atoms with Gasteiger partial charge in [-0.3, -0.25) is 0 Å². The number of halogens is 4. The van der Waals surface area contributed by atoms with E-state index in [0.717, 1.165) is 15.0 Å². The summed E-state index contributed by atoms with van der Waals surface area (Å²) >= 11 is 0. The fourth-order valence-electron chi connectivity index (χ4n) is 0.901. The summed E-state index contributed by atoms with van der Waals surface area (Å²) in [5.41, 5.74) is -0.698. The highest BCUT2D eigenvalue weighted by Crippen LogP contribution is 2.24. The maximum absolute atomic E-state index is 12.8. The zero-order valence-electron chi connectivity index (χ0n) is 6.92. The van der Waals surface area contributed by atoms with Gasteiger partial charge in [-0.25, -0.2) is 8.78 Å². The zero-order valence-corrected chi connectivity index (χ0v) is 6.92. The van der Waals surface area contributed by atoms with E-state index in [0.29, 0.717) is 0 Å². The van der Waals surface area contributed by atoms with Crippen molar-refractivity contribution in [1.82, 2.24) is 0 Å². The minimum Gasteiger partial charge on any atom is -0.491 e. The lowest BCUT2D eigenvalue weighted by Crippen LogP contribution is -2.19. The molecule has 1 nitrogen and oxygen atoms in total. The van der Waals surface area contributed by atoms with Gasteiger partial charge in [-0.2, -0.15) is 8.78 Å². The van der Waals surface area contributed by atoms with Crippen molar-refractivity contribution >= 4 is 13.3 Å². The quantitative estimate of drug-likeness (QED) is 0.357. The van der Waals surface area contributed by atoms with E-state index in [9.17, 15) is 17.6 Å². The standard InChI is InChI=1S/C7H5BF4O/c1-13-7-5(11)3(9)2(8)4(10)6(7)12/h8H2,1H3. The van der Waals surface area contributed by atoms with E-state index >= 15 is 0 Å². The van der Waals surface area contributed by atoms with Crippen LogP contribution in [0, 0.1) is 23.3 Å². The van der Waals surface area contributed by atoms with Crippen molar-refractivity contribution in [3.05, 3.63) is 23.3 Å². The lowest BCUT2D eigenvalue weighted by atomic mass is 9.94. The summed E-state index contributed by atoms with van der Waals surface area (Å²) < 4.78 is 55.3. The first-order chi connectivity index (χ1) is 6.00. The second kappa shape index (κ2) is 3.28. The van der Waals surface area contributed by atoms with Gasteiger partial charge in [0, 0.05) is 0 Å². The topological polar surface area (TPSA) is 9.23 Å². The smallest absolute Gasteiger partial charge is 0.203 e. The van der Waals surface area contributed by atoms with E-state index in [4.69, 9.17) is 0 Å². The van der Waals surface area contributed by atoms with Crippen LogP contribution >= 0.6 is 0 Å². The molecule has 6 heteroatoms. The van der Waals surface area contributed by atoms with Crippen molar-refractivity contribution < 1.29 is 22.3 Å². The molecule has 0 atom stereocenters. The molecule has 0 radical (unpaired) electrons. The lowest BCUT2D eigenvalue weighted by Gasteiger charge is -2.07. The Balaban J connectivity index is 3.56. The van der Waals surface area contributed by atoms with Crippen molar-refractivity contribution in [2.75, 3.05) is 7.11 Å². The Hall–Kier alpha value is -1.20. The second-order valence-electron chi connectivity index (χ2n) is 2.41. The molecule has 0 aromatic heterocycles. The SMILES string of the molecule is Bc1c(F)c(F)c(OC)c(F)c1F. The van der Waals surface area contributed by atoms with Gasteiger partial charge >= 0.3 is 0 Å². The molecule has 1 rings (SSSR count). The molecule has 0 saturated heterocycles. The summed E-state index contributed by atoms with van der Waals surface area (Å²) in [4.78, 5) is 0. The van der Waals surface area contributed by atoms with E-state index in [-0.39, 0.29) is 0 Å². The molecular weight excluding hydrogens is 187 g/mol. The van der Waals surface area contributed by atoms with Crippen molar-refractivity contribution in [3.63, 3.8) is 0 Å². The average molecular weight is 192 g/mol. The van der Waals surface area contributed by atoms with Crippen LogP contribution in [0.2, 0.25) is 0 Å². The molecule has 0 saturated carbocycles. The molecule has 1 aromatic rings. The highest BCUT2D eigenvalue weighted by atomic mass is 19.2. The molecule has 0 spiro atoms. The zero-order chi connectivity index (χ0) is 10.2. The molecule has 0 amide bonds. The van der Waals surface area contributed by atoms with E-state index in [1.165, 1.54) is 0 Å². The van der Waals surface area contributed by atoms with Gasteiger partial charge < -0.3 is 4.74 Å². The van der Waals surface area contributed by atoms with Gasteiger partial charge in [0.05, 0.1) is 7.11 Å². The van der Waals surface area contributed by atoms with Crippen molar-refractivity contribution in [1.29, 1.82) is 0 Å². The summed E-state index contributed by atoms with van der Waals surface area (Å²) in [6, 6.07) is 0. The summed E-state index contributed by atoms with van der Waals surface area (Å²) in [5, 5.41) is 0. The highest BCUT2D eigenvalue weighted by Gasteiger charge is 2.23. The Morgan fingerprint density at radius 1 is 0.923 bits per heavy atom. The first-order valence-corrected chi connectivity index (χ1v) is 3.37. The van der Waals surface area contributed by atoms with Crippen LogP contribution in [0.5, 0.6) is 5.75 Å². The van der Waals surface area contributed by atoms with E-state index in [2.05, 4.69) is 4.74 Å². The van der Waals surface area contributed by atoms with Crippen LogP contribution in [0.1, 0.15) is 0 Å². The highest BCUT2D eigenvalue weighted by molar-refractivity contribution is 6.32. The fourth-order valence-corrected chi connectivity index (χ4v) is 0.901. The van der Waals surface area contributed by atoms with Crippen LogP contribution < -0.4 is 10.2 Å². The van der Waals surface area contributed by atoms with Crippen LogP contribution in [0.15, 0.2) is 0 Å². The third-order valence-corrected chi connectivity index (χ3v) is 1.65. The molecule has 0 aliphatic rings. The van der Waals surface area contributed by atoms with Crippen LogP contribution in [-0.4, -0.2) is 15.0 Å². The van der Waals surface area contributed by atoms with Crippen LogP contribution in [0.25, 0.3) is 0 Å². The fraction of sp³-hybridized carbons (Fsp3) is 0.143. The van der Waals surface area contributed by atoms with Gasteiger partial charge in [0.1, 0.15) is 7.85 Å². The van der Waals surface area contributed by atoms with E-state index in [1.54, 1.807) is 0 Å². The molecule has 0 heterocycles. The van der Waals surface area contributed by atoms with E-state index in [1.807, 2.05) is 0 Å². The number of benzene rings is 1. The maximum atomic E-state index is 12.8. The van der Waals surface area contributed by atoms with Crippen LogP contribution in [0.4, 0.5) is 17.6 Å². The van der Waals surface area contributed by atoms with Gasteiger partial charge in [-0.1, -0.05) is 0 Å². The molecule has 0 N–H and O–H groups in total. The molecule has 0 bridgehead atoms. The van der Waals surface area contributed by atoms with Gasteiger partial charge in [0.25, 0.3) is 0 Å². The summed E-state index contributed by atoms with van der Waals surface area (Å²) in [5.74, 6) is -6.94. The monoisotopic (exact) mass is 192 g/mol. The Kier molecular flexibility index (Phi) is 2.49. The molecule has 70 valence electrons. The Morgan fingerprint density at radius 2 is 1.31 bits per heavy atom. The molecule has 0 aliphatic carbocycles. The minimum atomic E-state index is -1.51. The molecule has 0 fully saturated rings. The van der Waals surface area contributed by atoms with Crippen molar-refractivity contribution in [2.45, 2.75) is 0 Å². The predicted octanol–water partition coefficient (Wildman–Crippen LogP) is 0.510. The van der Waals surface area contributed by atoms with Gasteiger partial charge in [0.15, 0.2) is 17.4 Å². The van der Waals surface area contributed by atoms with Gasteiger partial charge in [0.2, 0.25) is 11.6 Å². The summed E-state index contributed by atoms with van der Waals surface area (Å²) in [6.07, 6.45) is 0. The second-order valence-corrected chi connectivity index (χ2v) is 2.41. The third kappa shape index (κ3) is 1.36. The van der Waals surface area contributed by atoms with Crippen LogP contribution in [0.3, 0.4) is 0 Å². The molecule has 13 heavy (non-hydrogen) atoms. The minimum absolute atomic E-state index is 0.698. The molecule has 0 unspecified atom stereocenters. The third-order valence-electron chi connectivity index (χ3n) is 1.65. The maximum Gasteiger partial charge on any atom is 0.203 e. The molecule has 0 aliphatic heterocycles. The van der Waals surface area contributed by atoms with E-state index < -0.39 is 34.5 Å². The predicted molar refractivity (Wildman–Crippen MR) is 41.0 cm³/mol. The number of rotatable bonds is 1. The Morgan fingerprint density at radius 3 is 1.62 bits per heavy atom.